The van der Waals surface area contributed by atoms with Crippen molar-refractivity contribution in [1.29, 1.82) is 0 Å². The number of halogens is 1. The summed E-state index contributed by atoms with van der Waals surface area (Å²) in [5.41, 5.74) is 4.87. The van der Waals surface area contributed by atoms with Gasteiger partial charge in [0.05, 0.1) is 28.0 Å². The number of aromatic nitrogens is 1. The van der Waals surface area contributed by atoms with Crippen LogP contribution in [0.4, 0.5) is 9.18 Å². The Morgan fingerprint density at radius 3 is 2.54 bits per heavy atom. The van der Waals surface area contributed by atoms with Gasteiger partial charge in [-0.15, -0.1) is 11.3 Å². The molecule has 1 fully saturated rings. The first-order chi connectivity index (χ1) is 19.1. The summed E-state index contributed by atoms with van der Waals surface area (Å²) < 4.78 is 28.8. The smallest absolute Gasteiger partial charge is 0.410 e. The number of piperazine rings is 1. The quantitative estimate of drug-likeness (QED) is 0.410. The van der Waals surface area contributed by atoms with Gasteiger partial charge in [0.1, 0.15) is 21.3 Å². The molecule has 1 aromatic heterocycles. The molecule has 41 heavy (non-hydrogen) atoms. The van der Waals surface area contributed by atoms with Crippen molar-refractivity contribution in [3.63, 3.8) is 0 Å². The molecule has 2 aliphatic heterocycles. The first-order valence-electron chi connectivity index (χ1n) is 12.9. The lowest BCUT2D eigenvalue weighted by molar-refractivity contribution is -0.114. The highest BCUT2D eigenvalue weighted by Gasteiger charge is 2.41. The molecule has 4 rings (SSSR count). The van der Waals surface area contributed by atoms with Crippen LogP contribution in [-0.4, -0.2) is 70.6 Å². The molecule has 9 nitrogen and oxygen atoms in total. The van der Waals surface area contributed by atoms with Crippen molar-refractivity contribution in [3.8, 4) is 5.75 Å². The van der Waals surface area contributed by atoms with Crippen LogP contribution in [0.2, 0.25) is 0 Å². The molecule has 2 aromatic rings. The molecule has 1 atom stereocenters. The van der Waals surface area contributed by atoms with Crippen LogP contribution in [0.3, 0.4) is 0 Å². The standard InChI is InChI=1S/C28H35FN4O5S3/c1-16-12-18(37-7)20(24(35)33-10-9-32(15-28(33,5)6)26(36)38-27(2,3)4)21(29)22(16)39-19-13-31-25(40-19)41-11-8-17(14-41)23(30)34/h8,11-14,41H,9-10,15H2,1-7H3,(H2,30,34). The van der Waals surface area contributed by atoms with Gasteiger partial charge >= 0.3 is 6.09 Å². The van der Waals surface area contributed by atoms with Crippen LogP contribution in [0, 0.1) is 12.7 Å². The maximum absolute atomic E-state index is 16.2. The van der Waals surface area contributed by atoms with Crippen molar-refractivity contribution in [2.75, 3.05) is 26.7 Å². The third kappa shape index (κ3) is 6.73. The molecule has 1 aromatic carbocycles. The molecular formula is C28H35FN4O5S3. The number of amides is 3. The highest BCUT2D eigenvalue weighted by molar-refractivity contribution is 8.23. The number of nitrogens with zero attached hydrogens (tertiary/aromatic N) is 3. The van der Waals surface area contributed by atoms with Crippen LogP contribution in [0.15, 0.2) is 48.2 Å². The Balaban J connectivity index is 1.59. The number of hydrogen-bond donors (Lipinski definition) is 2. The second kappa shape index (κ2) is 11.7. The fourth-order valence-electron chi connectivity index (χ4n) is 4.54. The van der Waals surface area contributed by atoms with E-state index in [0.717, 1.165) is 8.55 Å². The Morgan fingerprint density at radius 2 is 1.95 bits per heavy atom. The average Bonchev–Trinajstić information content (AvgIpc) is 3.54. The van der Waals surface area contributed by atoms with Gasteiger partial charge in [-0.3, -0.25) is 9.59 Å². The molecule has 2 N–H and O–H groups in total. The largest absolute Gasteiger partial charge is 0.496 e. The molecule has 0 aliphatic carbocycles. The molecule has 0 saturated carbocycles. The molecule has 1 unspecified atom stereocenters. The van der Waals surface area contributed by atoms with E-state index in [1.54, 1.807) is 55.8 Å². The molecule has 3 heterocycles. The number of nitrogens with two attached hydrogens (primary N) is 1. The lowest BCUT2D eigenvalue weighted by Crippen LogP contribution is -2.62. The normalized spacial score (nSPS) is 19.2. The van der Waals surface area contributed by atoms with Crippen LogP contribution >= 0.6 is 34.0 Å². The van der Waals surface area contributed by atoms with Crippen LogP contribution in [0.5, 0.6) is 5.75 Å². The third-order valence-electron chi connectivity index (χ3n) is 6.48. The van der Waals surface area contributed by atoms with E-state index >= 15 is 4.39 Å². The number of carbonyl (C=O) groups is 3. The second-order valence-electron chi connectivity index (χ2n) is 11.3. The van der Waals surface area contributed by atoms with E-state index in [2.05, 4.69) is 4.98 Å². The van der Waals surface area contributed by atoms with E-state index in [0.29, 0.717) is 16.0 Å². The number of thiol groups is 1. The number of hydrogen-bond acceptors (Lipinski definition) is 8. The van der Waals surface area contributed by atoms with Gasteiger partial charge in [-0.2, -0.15) is 10.9 Å². The van der Waals surface area contributed by atoms with Crippen LogP contribution in [0.1, 0.15) is 50.5 Å². The van der Waals surface area contributed by atoms with Crippen molar-refractivity contribution in [1.82, 2.24) is 14.8 Å². The SMILES string of the molecule is COc1cc(C)c(Sc2cnc([SH]3C=CC(C(N)=O)=C3)s2)c(F)c1C(=O)N1CCN(C(=O)OC(C)(C)C)CC1(C)C. The maximum Gasteiger partial charge on any atom is 0.410 e. The predicted molar refractivity (Wildman–Crippen MR) is 161 cm³/mol. The summed E-state index contributed by atoms with van der Waals surface area (Å²) in [6, 6.07) is 1.66. The maximum atomic E-state index is 16.2. The van der Waals surface area contributed by atoms with Crippen LogP contribution < -0.4 is 10.5 Å². The average molecular weight is 623 g/mol. The number of aryl methyl sites for hydroxylation is 1. The van der Waals surface area contributed by atoms with Crippen molar-refractivity contribution < 1.29 is 28.2 Å². The first kappa shape index (κ1) is 30.9. The predicted octanol–water partition coefficient (Wildman–Crippen LogP) is 5.48. The number of ether oxygens (including phenoxy) is 2. The Labute approximate surface area is 250 Å². The zero-order valence-electron chi connectivity index (χ0n) is 24.1. The van der Waals surface area contributed by atoms with E-state index in [9.17, 15) is 14.4 Å². The Hall–Kier alpha value is -3.03. The van der Waals surface area contributed by atoms with E-state index in [1.807, 2.05) is 24.7 Å². The fraction of sp³-hybridized carbons (Fsp3) is 0.429. The summed E-state index contributed by atoms with van der Waals surface area (Å²) in [7, 11) is 0.504. The molecular weight excluding hydrogens is 588 g/mol. The zero-order chi connectivity index (χ0) is 30.3. The summed E-state index contributed by atoms with van der Waals surface area (Å²) in [6.07, 6.45) is 2.92. The fourth-order valence-corrected chi connectivity index (χ4v) is 8.90. The van der Waals surface area contributed by atoms with Crippen molar-refractivity contribution >= 4 is 51.9 Å². The zero-order valence-corrected chi connectivity index (χ0v) is 26.6. The van der Waals surface area contributed by atoms with Crippen molar-refractivity contribution in [2.24, 2.45) is 5.73 Å². The summed E-state index contributed by atoms with van der Waals surface area (Å²) in [5.74, 6) is -1.52. The van der Waals surface area contributed by atoms with E-state index in [1.165, 1.54) is 30.2 Å². The summed E-state index contributed by atoms with van der Waals surface area (Å²) >= 11 is 2.60. The van der Waals surface area contributed by atoms with Gasteiger partial charge in [-0.1, -0.05) is 11.8 Å². The minimum atomic E-state index is -0.902. The molecule has 0 bridgehead atoms. The lowest BCUT2D eigenvalue weighted by Gasteiger charge is -2.47. The van der Waals surface area contributed by atoms with Gasteiger partial charge in [-0.05, 0) is 70.1 Å². The van der Waals surface area contributed by atoms with Crippen molar-refractivity contribution in [2.45, 2.75) is 66.1 Å². The third-order valence-corrected chi connectivity index (χ3v) is 11.1. The monoisotopic (exact) mass is 622 g/mol. The van der Waals surface area contributed by atoms with Gasteiger partial charge in [0.15, 0.2) is 5.82 Å². The first-order valence-corrected chi connectivity index (χ1v) is 16.0. The Kier molecular flexibility index (Phi) is 8.81. The van der Waals surface area contributed by atoms with E-state index in [-0.39, 0.29) is 30.9 Å². The second-order valence-corrected chi connectivity index (χ2v) is 15.8. The number of rotatable bonds is 6. The summed E-state index contributed by atoms with van der Waals surface area (Å²) in [5, 5.41) is 3.72. The molecule has 2 aliphatic rings. The minimum absolute atomic E-state index is 0.147. The summed E-state index contributed by atoms with van der Waals surface area (Å²) in [6.45, 7) is 11.5. The van der Waals surface area contributed by atoms with Crippen LogP contribution in [0.25, 0.3) is 0 Å². The molecule has 3 amide bonds. The minimum Gasteiger partial charge on any atom is -0.496 e. The Morgan fingerprint density at radius 1 is 1.24 bits per heavy atom. The lowest BCUT2D eigenvalue weighted by atomic mass is 9.97. The van der Waals surface area contributed by atoms with E-state index < -0.39 is 45.8 Å². The molecule has 0 radical (unpaired) electrons. The molecule has 0 spiro atoms. The molecule has 13 heteroatoms. The number of carbonyl (C=O) groups excluding carboxylic acids is 3. The highest BCUT2D eigenvalue weighted by atomic mass is 32.2. The number of thiazole rings is 1. The van der Waals surface area contributed by atoms with Gasteiger partial charge in [0, 0.05) is 25.2 Å². The molecule has 222 valence electrons. The van der Waals surface area contributed by atoms with E-state index in [4.69, 9.17) is 15.2 Å². The Bertz CT molecular complexity index is 1450. The van der Waals surface area contributed by atoms with Gasteiger partial charge in [0.2, 0.25) is 5.91 Å². The number of methoxy groups -OCH3 is 1. The number of primary amides is 1. The highest BCUT2D eigenvalue weighted by Crippen LogP contribution is 2.49. The topological polar surface area (TPSA) is 115 Å². The number of benzene rings is 1. The van der Waals surface area contributed by atoms with Gasteiger partial charge in [0.25, 0.3) is 5.91 Å². The van der Waals surface area contributed by atoms with Gasteiger partial charge in [-0.25, -0.2) is 14.2 Å². The van der Waals surface area contributed by atoms with Gasteiger partial charge < -0.3 is 25.0 Å². The molecule has 1 saturated heterocycles. The van der Waals surface area contributed by atoms with Crippen molar-refractivity contribution in [3.05, 3.63) is 51.7 Å². The van der Waals surface area contributed by atoms with Crippen LogP contribution in [-0.2, 0) is 9.53 Å². The summed E-state index contributed by atoms with van der Waals surface area (Å²) in [4.78, 5) is 46.0.